The average Bonchev–Trinajstić information content (AvgIpc) is 3.41. The number of benzene rings is 1. The molecule has 5 rings (SSSR count). The molecule has 0 amide bonds. The number of hydrogen-bond donors (Lipinski definition) is 0. The number of hydrogen-bond acceptors (Lipinski definition) is 5. The zero-order chi connectivity index (χ0) is 22.2. The third-order valence-electron chi connectivity index (χ3n) is 6.14. The maximum absolute atomic E-state index is 12.9. The maximum Gasteiger partial charge on any atom is 0.279 e. The minimum absolute atomic E-state index is 0.133. The summed E-state index contributed by atoms with van der Waals surface area (Å²) in [6, 6.07) is 7.81. The van der Waals surface area contributed by atoms with Crippen LogP contribution in [-0.2, 0) is 25.3 Å². The summed E-state index contributed by atoms with van der Waals surface area (Å²) in [4.78, 5) is 17.5. The van der Waals surface area contributed by atoms with E-state index in [1.165, 1.54) is 10.1 Å². The Morgan fingerprint density at radius 1 is 1.12 bits per heavy atom. The van der Waals surface area contributed by atoms with E-state index in [1.54, 1.807) is 13.2 Å². The lowest BCUT2D eigenvalue weighted by atomic mass is 10.00. The molecule has 166 valence electrons. The number of imidazole rings is 1. The summed E-state index contributed by atoms with van der Waals surface area (Å²) >= 11 is 0. The molecule has 32 heavy (non-hydrogen) atoms. The molecule has 0 radical (unpaired) electrons. The summed E-state index contributed by atoms with van der Waals surface area (Å²) in [6.07, 6.45) is 8.29. The first-order valence-electron chi connectivity index (χ1n) is 11.0. The number of ether oxygens (including phenoxy) is 2. The molecule has 8 heteroatoms. The Balaban J connectivity index is 1.47. The lowest BCUT2D eigenvalue weighted by Gasteiger charge is -2.21. The number of nitrogens with zero attached hydrogens (tertiary/aromatic N) is 5. The van der Waals surface area contributed by atoms with E-state index in [0.29, 0.717) is 17.1 Å². The highest BCUT2D eigenvalue weighted by molar-refractivity contribution is 5.63. The number of aromatic nitrogens is 5. The van der Waals surface area contributed by atoms with Gasteiger partial charge in [0.05, 0.1) is 18.1 Å². The summed E-state index contributed by atoms with van der Waals surface area (Å²) in [7, 11) is 3.65. The molecule has 0 atom stereocenters. The van der Waals surface area contributed by atoms with Crippen molar-refractivity contribution in [3.8, 4) is 22.9 Å². The van der Waals surface area contributed by atoms with Crippen molar-refractivity contribution < 1.29 is 9.47 Å². The fraction of sp³-hybridized carbons (Fsp3) is 0.375. The fourth-order valence-corrected chi connectivity index (χ4v) is 4.33. The van der Waals surface area contributed by atoms with Crippen molar-refractivity contribution in [3.63, 3.8) is 0 Å². The Bertz CT molecular complexity index is 1310. The second kappa shape index (κ2) is 8.27. The highest BCUT2D eigenvalue weighted by atomic mass is 16.5. The minimum atomic E-state index is -0.133. The van der Waals surface area contributed by atoms with Crippen LogP contribution < -0.4 is 10.3 Å². The number of aryl methyl sites for hydroxylation is 2. The van der Waals surface area contributed by atoms with Crippen LogP contribution in [0.25, 0.3) is 16.8 Å². The van der Waals surface area contributed by atoms with Crippen LogP contribution in [0.2, 0.25) is 0 Å². The fourth-order valence-electron chi connectivity index (χ4n) is 4.33. The molecule has 4 aromatic rings. The van der Waals surface area contributed by atoms with Crippen LogP contribution in [0.15, 0.2) is 47.7 Å². The van der Waals surface area contributed by atoms with Crippen LogP contribution in [0, 0.1) is 0 Å². The van der Waals surface area contributed by atoms with Gasteiger partial charge < -0.3 is 9.47 Å². The smallest absolute Gasteiger partial charge is 0.279 e. The van der Waals surface area contributed by atoms with Gasteiger partial charge in [-0.3, -0.25) is 18.4 Å². The standard InChI is InChI=1S/C24H27N5O3/c1-4-16-14-27(2)26-22(16)17-5-7-19(8-6-17)32-21-15-29-20(24(30)28(21)3)13-25-23(29)18-9-11-31-12-10-18/h5-8,13-15,18H,4,9-12H2,1-3H3. The summed E-state index contributed by atoms with van der Waals surface area (Å²) in [6.45, 7) is 3.56. The second-order valence-electron chi connectivity index (χ2n) is 8.25. The predicted molar refractivity (Wildman–Crippen MR) is 121 cm³/mol. The van der Waals surface area contributed by atoms with Gasteiger partial charge in [-0.1, -0.05) is 6.92 Å². The third kappa shape index (κ3) is 3.60. The van der Waals surface area contributed by atoms with E-state index in [0.717, 1.165) is 49.6 Å². The van der Waals surface area contributed by atoms with Crippen LogP contribution in [-0.4, -0.2) is 36.9 Å². The molecule has 1 saturated heterocycles. The zero-order valence-electron chi connectivity index (χ0n) is 18.6. The van der Waals surface area contributed by atoms with E-state index < -0.39 is 0 Å². The summed E-state index contributed by atoms with van der Waals surface area (Å²) in [5, 5.41) is 4.58. The van der Waals surface area contributed by atoms with Crippen LogP contribution in [0.1, 0.15) is 37.1 Å². The first-order chi connectivity index (χ1) is 15.5. The van der Waals surface area contributed by atoms with E-state index in [9.17, 15) is 4.79 Å². The van der Waals surface area contributed by atoms with Gasteiger partial charge in [-0.2, -0.15) is 5.10 Å². The molecule has 0 aliphatic carbocycles. The van der Waals surface area contributed by atoms with Gasteiger partial charge in [0.25, 0.3) is 5.56 Å². The van der Waals surface area contributed by atoms with Crippen LogP contribution >= 0.6 is 0 Å². The van der Waals surface area contributed by atoms with Crippen molar-refractivity contribution in [2.24, 2.45) is 14.1 Å². The van der Waals surface area contributed by atoms with Gasteiger partial charge in [0.2, 0.25) is 5.88 Å². The van der Waals surface area contributed by atoms with Crippen molar-refractivity contribution in [2.45, 2.75) is 32.1 Å². The monoisotopic (exact) mass is 433 g/mol. The molecule has 1 aromatic carbocycles. The highest BCUT2D eigenvalue weighted by Gasteiger charge is 2.22. The molecule has 1 fully saturated rings. The van der Waals surface area contributed by atoms with E-state index in [4.69, 9.17) is 9.47 Å². The summed E-state index contributed by atoms with van der Waals surface area (Å²) < 4.78 is 16.8. The first-order valence-corrected chi connectivity index (χ1v) is 11.0. The van der Waals surface area contributed by atoms with Gasteiger partial charge >= 0.3 is 0 Å². The van der Waals surface area contributed by atoms with Crippen molar-refractivity contribution in [1.29, 1.82) is 0 Å². The molecule has 0 spiro atoms. The van der Waals surface area contributed by atoms with Gasteiger partial charge in [0.1, 0.15) is 17.1 Å². The second-order valence-corrected chi connectivity index (χ2v) is 8.25. The molecule has 1 aliphatic rings. The topological polar surface area (TPSA) is 75.6 Å². The highest BCUT2D eigenvalue weighted by Crippen LogP contribution is 2.29. The Morgan fingerprint density at radius 3 is 2.59 bits per heavy atom. The summed E-state index contributed by atoms with van der Waals surface area (Å²) in [5.41, 5.74) is 3.64. The molecule has 1 aliphatic heterocycles. The van der Waals surface area contributed by atoms with Gasteiger partial charge in [0.15, 0.2) is 0 Å². The molecule has 3 aromatic heterocycles. The van der Waals surface area contributed by atoms with Crippen molar-refractivity contribution >= 4 is 5.52 Å². The lowest BCUT2D eigenvalue weighted by Crippen LogP contribution is -2.22. The zero-order valence-corrected chi connectivity index (χ0v) is 18.6. The number of fused-ring (bicyclic) bond motifs is 1. The van der Waals surface area contributed by atoms with Crippen LogP contribution in [0.5, 0.6) is 11.6 Å². The quantitative estimate of drug-likeness (QED) is 0.480. The van der Waals surface area contributed by atoms with E-state index >= 15 is 0 Å². The molecular formula is C24H27N5O3. The lowest BCUT2D eigenvalue weighted by molar-refractivity contribution is 0.0834. The Hall–Kier alpha value is -3.39. The number of rotatable bonds is 5. The van der Waals surface area contributed by atoms with Gasteiger partial charge in [-0.05, 0) is 49.1 Å². The van der Waals surface area contributed by atoms with Crippen LogP contribution in [0.3, 0.4) is 0 Å². The normalized spacial score (nSPS) is 14.8. The van der Waals surface area contributed by atoms with Crippen molar-refractivity contribution in [3.05, 3.63) is 64.6 Å². The molecule has 0 unspecified atom stereocenters. The Labute approximate surface area is 186 Å². The molecular weight excluding hydrogens is 406 g/mol. The molecule has 0 saturated carbocycles. The van der Waals surface area contributed by atoms with E-state index in [1.807, 2.05) is 52.8 Å². The van der Waals surface area contributed by atoms with Crippen LogP contribution in [0.4, 0.5) is 0 Å². The summed E-state index contributed by atoms with van der Waals surface area (Å²) in [5.74, 6) is 2.29. The first kappa shape index (κ1) is 20.5. The van der Waals surface area contributed by atoms with Gasteiger partial charge in [0, 0.05) is 45.0 Å². The van der Waals surface area contributed by atoms with Crippen molar-refractivity contribution in [2.75, 3.05) is 13.2 Å². The predicted octanol–water partition coefficient (Wildman–Crippen LogP) is 3.68. The Kier molecular flexibility index (Phi) is 5.30. The SMILES string of the molecule is CCc1cn(C)nc1-c1ccc(Oc2cn3c(C4CCOCC4)ncc3c(=O)n2C)cc1. The molecule has 0 N–H and O–H groups in total. The van der Waals surface area contributed by atoms with Crippen molar-refractivity contribution in [1.82, 2.24) is 23.7 Å². The average molecular weight is 434 g/mol. The van der Waals surface area contributed by atoms with Gasteiger partial charge in [-0.25, -0.2) is 4.98 Å². The maximum atomic E-state index is 12.9. The Morgan fingerprint density at radius 2 is 1.88 bits per heavy atom. The molecule has 4 heterocycles. The van der Waals surface area contributed by atoms with E-state index in [-0.39, 0.29) is 11.5 Å². The molecule has 8 nitrogen and oxygen atoms in total. The third-order valence-corrected chi connectivity index (χ3v) is 6.14. The van der Waals surface area contributed by atoms with E-state index in [2.05, 4.69) is 17.0 Å². The minimum Gasteiger partial charge on any atom is -0.439 e. The van der Waals surface area contributed by atoms with Gasteiger partial charge in [-0.15, -0.1) is 0 Å². The molecule has 0 bridgehead atoms. The largest absolute Gasteiger partial charge is 0.439 e.